The fourth-order valence-electron chi connectivity index (χ4n) is 1.53. The van der Waals surface area contributed by atoms with Gasteiger partial charge in [-0.1, -0.05) is 36.2 Å². The third kappa shape index (κ3) is 5.39. The minimum atomic E-state index is 0.0475. The first-order valence-corrected chi connectivity index (χ1v) is 7.11. The Balaban J connectivity index is 2.54. The maximum Gasteiger partial charge on any atom is 0.236 e. The lowest BCUT2D eigenvalue weighted by Gasteiger charge is -2.20. The first-order valence-electron chi connectivity index (χ1n) is 6.35. The van der Waals surface area contributed by atoms with Crippen molar-refractivity contribution in [3.05, 3.63) is 33.8 Å². The van der Waals surface area contributed by atoms with Crippen LogP contribution in [0.25, 0.3) is 0 Å². The SMILES string of the molecule is CCC(C)NCC(=O)N(C)Cc1ccc(Cl)cc1Cl. The van der Waals surface area contributed by atoms with Crippen LogP contribution in [0.3, 0.4) is 0 Å². The smallest absolute Gasteiger partial charge is 0.236 e. The normalized spacial score (nSPS) is 12.3. The molecule has 0 saturated heterocycles. The van der Waals surface area contributed by atoms with Gasteiger partial charge in [0.05, 0.1) is 6.54 Å². The zero-order valence-electron chi connectivity index (χ0n) is 11.5. The van der Waals surface area contributed by atoms with Crippen LogP contribution in [0.4, 0.5) is 0 Å². The standard InChI is InChI=1S/C14H20Cl2N2O/c1-4-10(2)17-8-14(19)18(3)9-11-5-6-12(15)7-13(11)16/h5-7,10,17H,4,8-9H2,1-3H3. The van der Waals surface area contributed by atoms with E-state index in [-0.39, 0.29) is 5.91 Å². The molecule has 0 heterocycles. The van der Waals surface area contributed by atoms with Crippen LogP contribution in [-0.4, -0.2) is 30.4 Å². The molecule has 106 valence electrons. The molecule has 3 nitrogen and oxygen atoms in total. The molecular formula is C14H20Cl2N2O. The van der Waals surface area contributed by atoms with E-state index < -0.39 is 0 Å². The molecule has 0 fully saturated rings. The van der Waals surface area contributed by atoms with Crippen molar-refractivity contribution in [2.75, 3.05) is 13.6 Å². The van der Waals surface area contributed by atoms with Crippen molar-refractivity contribution in [1.82, 2.24) is 10.2 Å². The third-order valence-electron chi connectivity index (χ3n) is 3.06. The summed E-state index contributed by atoms with van der Waals surface area (Å²) in [5.74, 6) is 0.0475. The van der Waals surface area contributed by atoms with Gasteiger partial charge in [0, 0.05) is 29.7 Å². The van der Waals surface area contributed by atoms with Gasteiger partial charge in [0.2, 0.25) is 5.91 Å². The van der Waals surface area contributed by atoms with Crippen LogP contribution in [0.15, 0.2) is 18.2 Å². The van der Waals surface area contributed by atoms with Crippen molar-refractivity contribution in [3.63, 3.8) is 0 Å². The third-order valence-corrected chi connectivity index (χ3v) is 3.65. The van der Waals surface area contributed by atoms with E-state index in [1.807, 2.05) is 6.07 Å². The lowest BCUT2D eigenvalue weighted by Crippen LogP contribution is -2.38. The van der Waals surface area contributed by atoms with Crippen molar-refractivity contribution < 1.29 is 4.79 Å². The molecule has 1 unspecified atom stereocenters. The van der Waals surface area contributed by atoms with Gasteiger partial charge in [-0.2, -0.15) is 0 Å². The number of amides is 1. The number of hydrogen-bond donors (Lipinski definition) is 1. The van der Waals surface area contributed by atoms with E-state index in [1.165, 1.54) is 0 Å². The van der Waals surface area contributed by atoms with Crippen LogP contribution in [0.1, 0.15) is 25.8 Å². The van der Waals surface area contributed by atoms with Crippen LogP contribution < -0.4 is 5.32 Å². The van der Waals surface area contributed by atoms with E-state index >= 15 is 0 Å². The van der Waals surface area contributed by atoms with E-state index in [9.17, 15) is 4.79 Å². The largest absolute Gasteiger partial charge is 0.340 e. The van der Waals surface area contributed by atoms with Gasteiger partial charge in [0.15, 0.2) is 0 Å². The quantitative estimate of drug-likeness (QED) is 0.874. The Bertz CT molecular complexity index is 437. The van der Waals surface area contributed by atoms with Crippen LogP contribution in [0.5, 0.6) is 0 Å². The summed E-state index contributed by atoms with van der Waals surface area (Å²) in [4.78, 5) is 13.6. The highest BCUT2D eigenvalue weighted by atomic mass is 35.5. The molecule has 19 heavy (non-hydrogen) atoms. The van der Waals surface area contributed by atoms with Gasteiger partial charge in [-0.3, -0.25) is 4.79 Å². The maximum absolute atomic E-state index is 11.9. The first-order chi connectivity index (χ1) is 8.93. The van der Waals surface area contributed by atoms with Crippen molar-refractivity contribution >= 4 is 29.1 Å². The van der Waals surface area contributed by atoms with Crippen LogP contribution in [0.2, 0.25) is 10.0 Å². The zero-order chi connectivity index (χ0) is 14.4. The fourth-order valence-corrected chi connectivity index (χ4v) is 2.00. The number of likely N-dealkylation sites (N-methyl/N-ethyl adjacent to an activating group) is 1. The summed E-state index contributed by atoms with van der Waals surface area (Å²) in [5.41, 5.74) is 0.894. The molecule has 5 heteroatoms. The number of benzene rings is 1. The summed E-state index contributed by atoms with van der Waals surface area (Å²) in [6.45, 7) is 4.97. The fraction of sp³-hybridized carbons (Fsp3) is 0.500. The van der Waals surface area contributed by atoms with Gasteiger partial charge >= 0.3 is 0 Å². The molecule has 1 aromatic carbocycles. The second kappa shape index (κ2) is 7.73. The summed E-state index contributed by atoms with van der Waals surface area (Å²) in [6, 6.07) is 5.65. The van der Waals surface area contributed by atoms with E-state index in [4.69, 9.17) is 23.2 Å². The van der Waals surface area contributed by atoms with Crippen molar-refractivity contribution in [1.29, 1.82) is 0 Å². The van der Waals surface area contributed by atoms with Crippen LogP contribution >= 0.6 is 23.2 Å². The number of rotatable bonds is 6. The van der Waals surface area contributed by atoms with E-state index in [0.717, 1.165) is 12.0 Å². The summed E-state index contributed by atoms with van der Waals surface area (Å²) < 4.78 is 0. The van der Waals surface area contributed by atoms with E-state index in [0.29, 0.717) is 29.2 Å². The Morgan fingerprint density at radius 3 is 2.68 bits per heavy atom. The average molecular weight is 303 g/mol. The number of hydrogen-bond acceptors (Lipinski definition) is 2. The molecule has 1 amide bonds. The number of nitrogens with zero attached hydrogens (tertiary/aromatic N) is 1. The number of carbonyl (C=O) groups is 1. The highest BCUT2D eigenvalue weighted by Gasteiger charge is 2.12. The molecule has 0 aromatic heterocycles. The highest BCUT2D eigenvalue weighted by Crippen LogP contribution is 2.21. The molecule has 0 aliphatic rings. The molecule has 0 bridgehead atoms. The number of nitrogens with one attached hydrogen (secondary N) is 1. The predicted molar refractivity (Wildman–Crippen MR) is 80.7 cm³/mol. The zero-order valence-corrected chi connectivity index (χ0v) is 13.1. The van der Waals surface area contributed by atoms with E-state index in [2.05, 4.69) is 19.2 Å². The van der Waals surface area contributed by atoms with Gasteiger partial charge in [-0.05, 0) is 31.0 Å². The summed E-state index contributed by atoms with van der Waals surface area (Å²) >= 11 is 11.9. The molecule has 0 radical (unpaired) electrons. The molecule has 1 rings (SSSR count). The van der Waals surface area contributed by atoms with Crippen molar-refractivity contribution in [2.45, 2.75) is 32.9 Å². The minimum absolute atomic E-state index is 0.0475. The number of carbonyl (C=O) groups excluding carboxylic acids is 1. The predicted octanol–water partition coefficient (Wildman–Crippen LogP) is 3.34. The molecule has 0 spiro atoms. The topological polar surface area (TPSA) is 32.3 Å². The number of halogens is 2. The molecule has 1 atom stereocenters. The van der Waals surface area contributed by atoms with Gasteiger partial charge in [0.1, 0.15) is 0 Å². The Hall–Kier alpha value is -0.770. The summed E-state index contributed by atoms with van der Waals surface area (Å²) in [5, 5.41) is 4.36. The van der Waals surface area contributed by atoms with E-state index in [1.54, 1.807) is 24.1 Å². The first kappa shape index (κ1) is 16.3. The van der Waals surface area contributed by atoms with Gasteiger partial charge in [0.25, 0.3) is 0 Å². The molecule has 0 saturated carbocycles. The molecule has 1 aromatic rings. The lowest BCUT2D eigenvalue weighted by atomic mass is 10.2. The van der Waals surface area contributed by atoms with Crippen LogP contribution in [0, 0.1) is 0 Å². The second-order valence-electron chi connectivity index (χ2n) is 4.68. The summed E-state index contributed by atoms with van der Waals surface area (Å²) in [6.07, 6.45) is 1.00. The highest BCUT2D eigenvalue weighted by molar-refractivity contribution is 6.35. The Morgan fingerprint density at radius 2 is 2.11 bits per heavy atom. The van der Waals surface area contributed by atoms with Crippen molar-refractivity contribution in [3.8, 4) is 0 Å². The van der Waals surface area contributed by atoms with Crippen molar-refractivity contribution in [2.24, 2.45) is 0 Å². The average Bonchev–Trinajstić information content (AvgIpc) is 2.38. The van der Waals surface area contributed by atoms with Gasteiger partial charge in [-0.25, -0.2) is 0 Å². The molecule has 0 aliphatic carbocycles. The van der Waals surface area contributed by atoms with Crippen LogP contribution in [-0.2, 0) is 11.3 Å². The Kier molecular flexibility index (Phi) is 6.63. The van der Waals surface area contributed by atoms with Gasteiger partial charge in [-0.15, -0.1) is 0 Å². The van der Waals surface area contributed by atoms with Gasteiger partial charge < -0.3 is 10.2 Å². The molecular weight excluding hydrogens is 283 g/mol. The Labute approximate surface area is 124 Å². The maximum atomic E-state index is 11.9. The summed E-state index contributed by atoms with van der Waals surface area (Å²) in [7, 11) is 1.77. The monoisotopic (exact) mass is 302 g/mol. The molecule has 0 aliphatic heterocycles. The lowest BCUT2D eigenvalue weighted by molar-refractivity contribution is -0.129. The molecule has 1 N–H and O–H groups in total. The second-order valence-corrected chi connectivity index (χ2v) is 5.52. The minimum Gasteiger partial charge on any atom is -0.340 e. The Morgan fingerprint density at radius 1 is 1.42 bits per heavy atom.